The Morgan fingerprint density at radius 1 is 1.31 bits per heavy atom. The minimum absolute atomic E-state index is 0.0886. The van der Waals surface area contributed by atoms with Crippen LogP contribution >= 0.6 is 0 Å². The van der Waals surface area contributed by atoms with Gasteiger partial charge in [0, 0.05) is 6.54 Å². The number of hydrogen-bond donors (Lipinski definition) is 2. The molecule has 1 fully saturated rings. The van der Waals surface area contributed by atoms with Crippen molar-refractivity contribution in [3.63, 3.8) is 0 Å². The monoisotopic (exact) mass is 361 g/mol. The lowest BCUT2D eigenvalue weighted by atomic mass is 10.1. The van der Waals surface area contributed by atoms with Crippen LogP contribution in [0.4, 0.5) is 16.2 Å². The number of hydrogen-bond acceptors (Lipinski definition) is 7. The molecule has 0 saturated carbocycles. The summed E-state index contributed by atoms with van der Waals surface area (Å²) in [5.41, 5.74) is 1.60. The molecule has 0 radical (unpaired) electrons. The van der Waals surface area contributed by atoms with Crippen molar-refractivity contribution in [2.45, 2.75) is 25.8 Å². The molecule has 3 rings (SSSR count). The first-order chi connectivity index (χ1) is 12.5. The van der Waals surface area contributed by atoms with Gasteiger partial charge in [-0.3, -0.25) is 14.9 Å². The van der Waals surface area contributed by atoms with E-state index in [1.807, 2.05) is 10.2 Å². The Morgan fingerprint density at radius 3 is 2.88 bits per heavy atom. The van der Waals surface area contributed by atoms with E-state index in [9.17, 15) is 19.2 Å². The van der Waals surface area contributed by atoms with E-state index in [0.29, 0.717) is 5.69 Å². The lowest BCUT2D eigenvalue weighted by Crippen LogP contribution is -2.43. The van der Waals surface area contributed by atoms with Crippen LogP contribution in [0, 0.1) is 0 Å². The molecule has 1 aromatic carbocycles. The molecule has 0 bridgehead atoms. The summed E-state index contributed by atoms with van der Waals surface area (Å²) < 4.78 is 9.44. The molecule has 0 aromatic heterocycles. The van der Waals surface area contributed by atoms with Gasteiger partial charge in [0.25, 0.3) is 5.91 Å². The fraction of sp³-hybridized carbons (Fsp3) is 0.412. The molecule has 138 valence electrons. The first-order valence-electron chi connectivity index (χ1n) is 8.35. The van der Waals surface area contributed by atoms with Gasteiger partial charge in [0.2, 0.25) is 5.91 Å². The number of rotatable bonds is 4. The summed E-state index contributed by atoms with van der Waals surface area (Å²) in [5, 5.41) is 4.73. The Labute approximate surface area is 149 Å². The molecule has 1 atom stereocenters. The third kappa shape index (κ3) is 3.61. The number of fused-ring (bicyclic) bond motifs is 3. The maximum absolute atomic E-state index is 12.1. The number of ether oxygens (including phenoxy) is 2. The maximum Gasteiger partial charge on any atom is 0.413 e. The largest absolute Gasteiger partial charge is 0.452 e. The maximum atomic E-state index is 12.1. The molecule has 1 saturated heterocycles. The van der Waals surface area contributed by atoms with E-state index in [4.69, 9.17) is 4.74 Å². The predicted molar refractivity (Wildman–Crippen MR) is 90.9 cm³/mol. The third-order valence-corrected chi connectivity index (χ3v) is 4.21. The molecule has 2 aliphatic rings. The van der Waals surface area contributed by atoms with Gasteiger partial charge in [0.05, 0.1) is 23.5 Å². The van der Waals surface area contributed by atoms with Gasteiger partial charge < -0.3 is 19.7 Å². The molecule has 3 amide bonds. The highest BCUT2D eigenvalue weighted by Crippen LogP contribution is 2.37. The van der Waals surface area contributed by atoms with Crippen LogP contribution in [0.25, 0.3) is 0 Å². The highest BCUT2D eigenvalue weighted by atomic mass is 16.6. The number of alkyl carbamates (subject to hydrolysis) is 1. The number of nitrogens with zero attached hydrogens (tertiary/aromatic N) is 1. The van der Waals surface area contributed by atoms with Crippen LogP contribution in [-0.2, 0) is 19.1 Å². The van der Waals surface area contributed by atoms with Crippen LogP contribution in [0.3, 0.4) is 0 Å². The summed E-state index contributed by atoms with van der Waals surface area (Å²) in [6.07, 6.45) is 0.854. The molecule has 0 aliphatic carbocycles. The first kappa shape index (κ1) is 17.7. The van der Waals surface area contributed by atoms with Gasteiger partial charge in [-0.25, -0.2) is 9.59 Å². The second-order valence-electron chi connectivity index (χ2n) is 5.92. The standard InChI is InChI=1S/C17H19N3O6/c1-2-25-17(24)19-14(21)9-26-16(23)10-5-6-12-11(8-10)18-15(22)13-4-3-7-20(12)13/h5-6,8,13H,2-4,7,9H2,1H3,(H,18,22)(H,19,21,24)/t13-/m1/s1. The number of nitrogens with one attached hydrogen (secondary N) is 2. The van der Waals surface area contributed by atoms with E-state index in [-0.39, 0.29) is 24.1 Å². The summed E-state index contributed by atoms with van der Waals surface area (Å²) in [7, 11) is 0. The fourth-order valence-electron chi connectivity index (χ4n) is 3.09. The summed E-state index contributed by atoms with van der Waals surface area (Å²) in [6, 6.07) is 4.69. The highest BCUT2D eigenvalue weighted by Gasteiger charge is 2.36. The number of benzene rings is 1. The highest BCUT2D eigenvalue weighted by molar-refractivity contribution is 6.05. The number of carbonyl (C=O) groups excluding carboxylic acids is 4. The van der Waals surface area contributed by atoms with E-state index in [1.165, 1.54) is 6.07 Å². The van der Waals surface area contributed by atoms with Crippen LogP contribution in [0.1, 0.15) is 30.1 Å². The Morgan fingerprint density at radius 2 is 2.12 bits per heavy atom. The average molecular weight is 361 g/mol. The normalized spacial score (nSPS) is 17.7. The molecular formula is C17H19N3O6. The zero-order valence-corrected chi connectivity index (χ0v) is 14.2. The third-order valence-electron chi connectivity index (χ3n) is 4.21. The van der Waals surface area contributed by atoms with Crippen LogP contribution in [-0.4, -0.2) is 49.7 Å². The molecule has 2 heterocycles. The minimum atomic E-state index is -0.898. The van der Waals surface area contributed by atoms with Gasteiger partial charge in [0.1, 0.15) is 6.04 Å². The van der Waals surface area contributed by atoms with E-state index in [0.717, 1.165) is 25.1 Å². The number of amides is 3. The average Bonchev–Trinajstić information content (AvgIpc) is 3.10. The van der Waals surface area contributed by atoms with Crippen molar-refractivity contribution in [2.24, 2.45) is 0 Å². The number of imide groups is 1. The van der Waals surface area contributed by atoms with Crippen molar-refractivity contribution < 1.29 is 28.7 Å². The van der Waals surface area contributed by atoms with Gasteiger partial charge in [-0.2, -0.15) is 0 Å². The van der Waals surface area contributed by atoms with Gasteiger partial charge >= 0.3 is 12.1 Å². The SMILES string of the molecule is CCOC(=O)NC(=O)COC(=O)c1ccc2c(c1)NC(=O)[C@H]1CCCN21. The zero-order chi connectivity index (χ0) is 18.7. The van der Waals surface area contributed by atoms with Crippen LogP contribution < -0.4 is 15.5 Å². The lowest BCUT2D eigenvalue weighted by molar-refractivity contribution is -0.123. The van der Waals surface area contributed by atoms with Crippen molar-refractivity contribution in [1.29, 1.82) is 0 Å². The Hall–Kier alpha value is -3.10. The lowest BCUT2D eigenvalue weighted by Gasteiger charge is -2.33. The Bertz CT molecular complexity index is 763. The van der Waals surface area contributed by atoms with Gasteiger partial charge in [-0.05, 0) is 38.0 Å². The Kier molecular flexibility index (Phi) is 5.06. The van der Waals surface area contributed by atoms with Crippen LogP contribution in [0.5, 0.6) is 0 Å². The zero-order valence-electron chi connectivity index (χ0n) is 14.2. The minimum Gasteiger partial charge on any atom is -0.452 e. The smallest absolute Gasteiger partial charge is 0.413 e. The molecule has 1 aromatic rings. The molecule has 0 spiro atoms. The van der Waals surface area contributed by atoms with E-state index in [2.05, 4.69) is 10.1 Å². The van der Waals surface area contributed by atoms with Crippen molar-refractivity contribution >= 4 is 35.3 Å². The molecule has 26 heavy (non-hydrogen) atoms. The van der Waals surface area contributed by atoms with Crippen molar-refractivity contribution in [1.82, 2.24) is 5.32 Å². The van der Waals surface area contributed by atoms with E-state index >= 15 is 0 Å². The molecule has 2 N–H and O–H groups in total. The topological polar surface area (TPSA) is 114 Å². The van der Waals surface area contributed by atoms with Crippen LogP contribution in [0.2, 0.25) is 0 Å². The van der Waals surface area contributed by atoms with Gasteiger partial charge in [-0.15, -0.1) is 0 Å². The molecule has 0 unspecified atom stereocenters. The van der Waals surface area contributed by atoms with Crippen LogP contribution in [0.15, 0.2) is 18.2 Å². The van der Waals surface area contributed by atoms with E-state index in [1.54, 1.807) is 19.1 Å². The van der Waals surface area contributed by atoms with Gasteiger partial charge in [-0.1, -0.05) is 0 Å². The predicted octanol–water partition coefficient (Wildman–Crippen LogP) is 1.04. The second-order valence-corrected chi connectivity index (χ2v) is 5.92. The molecule has 2 aliphatic heterocycles. The summed E-state index contributed by atoms with van der Waals surface area (Å²) in [6.45, 7) is 1.90. The van der Waals surface area contributed by atoms with Gasteiger partial charge in [0.15, 0.2) is 6.61 Å². The first-order valence-corrected chi connectivity index (χ1v) is 8.35. The van der Waals surface area contributed by atoms with Crippen molar-refractivity contribution in [2.75, 3.05) is 30.0 Å². The van der Waals surface area contributed by atoms with Crippen molar-refractivity contribution in [3.8, 4) is 0 Å². The molecule has 9 nitrogen and oxygen atoms in total. The number of carbonyl (C=O) groups is 4. The molecular weight excluding hydrogens is 342 g/mol. The van der Waals surface area contributed by atoms with E-state index < -0.39 is 24.6 Å². The van der Waals surface area contributed by atoms with Crippen molar-refractivity contribution in [3.05, 3.63) is 23.8 Å². The quantitative estimate of drug-likeness (QED) is 0.770. The summed E-state index contributed by atoms with van der Waals surface area (Å²) in [4.78, 5) is 48.9. The number of esters is 1. The molecule has 9 heteroatoms. The fourth-order valence-corrected chi connectivity index (χ4v) is 3.09. The number of anilines is 2. The summed E-state index contributed by atoms with van der Waals surface area (Å²) in [5.74, 6) is -1.61. The second kappa shape index (κ2) is 7.42. The Balaban J connectivity index is 1.62. The summed E-state index contributed by atoms with van der Waals surface area (Å²) >= 11 is 0.